The first-order chi connectivity index (χ1) is 8.88. The minimum absolute atomic E-state index is 0. The summed E-state index contributed by atoms with van der Waals surface area (Å²) < 4.78 is 52.5. The Morgan fingerprint density at radius 1 is 1.30 bits per heavy atom. The first-order valence-electron chi connectivity index (χ1n) is 6.09. The summed E-state index contributed by atoms with van der Waals surface area (Å²) >= 11 is 0. The highest BCUT2D eigenvalue weighted by molar-refractivity contribution is 7.89. The fourth-order valence-corrected chi connectivity index (χ4v) is 3.47. The molecule has 1 saturated heterocycles. The van der Waals surface area contributed by atoms with Crippen molar-refractivity contribution in [3.05, 3.63) is 29.8 Å². The lowest BCUT2D eigenvalue weighted by Gasteiger charge is -2.28. The molecule has 0 radical (unpaired) electrons. The predicted molar refractivity (Wildman–Crippen MR) is 74.4 cm³/mol. The van der Waals surface area contributed by atoms with Gasteiger partial charge in [-0.1, -0.05) is 0 Å². The van der Waals surface area contributed by atoms with Crippen LogP contribution in [0, 0.1) is 11.6 Å². The fraction of sp³-hybridized carbons (Fsp3) is 0.500. The average Bonchev–Trinajstić information content (AvgIpc) is 2.32. The van der Waals surface area contributed by atoms with E-state index < -0.39 is 21.7 Å². The third-order valence-corrected chi connectivity index (χ3v) is 4.67. The van der Waals surface area contributed by atoms with Crippen LogP contribution in [-0.2, 0) is 10.0 Å². The van der Waals surface area contributed by atoms with Gasteiger partial charge >= 0.3 is 0 Å². The second-order valence-electron chi connectivity index (χ2n) is 4.77. The van der Waals surface area contributed by atoms with E-state index in [1.54, 1.807) is 0 Å². The van der Waals surface area contributed by atoms with Gasteiger partial charge < -0.3 is 5.32 Å². The fourth-order valence-electron chi connectivity index (χ4n) is 2.17. The summed E-state index contributed by atoms with van der Waals surface area (Å²) in [5, 5.41) is 3.21. The number of hydrogen-bond acceptors (Lipinski definition) is 3. The van der Waals surface area contributed by atoms with Crippen molar-refractivity contribution in [1.82, 2.24) is 10.0 Å². The van der Waals surface area contributed by atoms with Crippen molar-refractivity contribution < 1.29 is 17.2 Å². The van der Waals surface area contributed by atoms with Crippen LogP contribution in [-0.4, -0.2) is 27.0 Å². The monoisotopic (exact) mass is 326 g/mol. The van der Waals surface area contributed by atoms with Crippen molar-refractivity contribution in [3.8, 4) is 0 Å². The largest absolute Gasteiger partial charge is 0.314 e. The zero-order chi connectivity index (χ0) is 14.0. The van der Waals surface area contributed by atoms with Gasteiger partial charge in [0.2, 0.25) is 10.0 Å². The molecule has 1 heterocycles. The molecule has 2 unspecified atom stereocenters. The van der Waals surface area contributed by atoms with E-state index in [9.17, 15) is 17.2 Å². The van der Waals surface area contributed by atoms with Gasteiger partial charge in [-0.15, -0.1) is 12.4 Å². The number of nitrogens with one attached hydrogen (secondary N) is 2. The number of piperidine rings is 1. The number of sulfonamides is 1. The summed E-state index contributed by atoms with van der Waals surface area (Å²) in [6.45, 7) is 2.70. The van der Waals surface area contributed by atoms with E-state index in [2.05, 4.69) is 10.0 Å². The number of rotatable bonds is 3. The summed E-state index contributed by atoms with van der Waals surface area (Å²) in [6, 6.07) is 2.61. The lowest BCUT2D eigenvalue weighted by Crippen LogP contribution is -2.46. The van der Waals surface area contributed by atoms with E-state index in [0.29, 0.717) is 18.9 Å². The van der Waals surface area contributed by atoms with Gasteiger partial charge in [-0.2, -0.15) is 0 Å². The molecule has 2 N–H and O–H groups in total. The van der Waals surface area contributed by atoms with Crippen LogP contribution in [0.2, 0.25) is 0 Å². The van der Waals surface area contributed by atoms with E-state index in [1.165, 1.54) is 0 Å². The summed E-state index contributed by atoms with van der Waals surface area (Å²) in [5.41, 5.74) is 0. The molecular weight excluding hydrogens is 310 g/mol. The highest BCUT2D eigenvalue weighted by Gasteiger charge is 2.24. The maximum Gasteiger partial charge on any atom is 0.240 e. The van der Waals surface area contributed by atoms with E-state index in [-0.39, 0.29) is 29.4 Å². The molecule has 0 bridgehead atoms. The second-order valence-corrected chi connectivity index (χ2v) is 6.49. The van der Waals surface area contributed by atoms with Gasteiger partial charge in [-0.25, -0.2) is 21.9 Å². The zero-order valence-corrected chi connectivity index (χ0v) is 12.5. The molecule has 2 rings (SSSR count). The van der Waals surface area contributed by atoms with E-state index in [4.69, 9.17) is 0 Å². The minimum atomic E-state index is -3.81. The molecule has 20 heavy (non-hydrogen) atoms. The lowest BCUT2D eigenvalue weighted by atomic mass is 10.0. The van der Waals surface area contributed by atoms with Crippen LogP contribution >= 0.6 is 12.4 Å². The summed E-state index contributed by atoms with van der Waals surface area (Å²) in [4.78, 5) is -0.252. The number of halogens is 3. The van der Waals surface area contributed by atoms with Crippen LogP contribution in [0.1, 0.15) is 19.8 Å². The molecule has 0 aromatic heterocycles. The smallest absolute Gasteiger partial charge is 0.240 e. The van der Waals surface area contributed by atoms with Crippen molar-refractivity contribution in [2.75, 3.05) is 6.54 Å². The Morgan fingerprint density at radius 2 is 2.00 bits per heavy atom. The lowest BCUT2D eigenvalue weighted by molar-refractivity contribution is 0.361. The molecular formula is C12H17ClF2N2O2S. The Hall–Kier alpha value is -0.760. The van der Waals surface area contributed by atoms with Crippen LogP contribution in [0.25, 0.3) is 0 Å². The van der Waals surface area contributed by atoms with E-state index >= 15 is 0 Å². The predicted octanol–water partition coefficient (Wildman–Crippen LogP) is 1.81. The summed E-state index contributed by atoms with van der Waals surface area (Å²) in [5.74, 6) is -2.23. The van der Waals surface area contributed by atoms with E-state index in [0.717, 1.165) is 18.7 Å². The van der Waals surface area contributed by atoms with Gasteiger partial charge in [0.25, 0.3) is 0 Å². The molecule has 8 heteroatoms. The highest BCUT2D eigenvalue weighted by atomic mass is 35.5. The van der Waals surface area contributed by atoms with E-state index in [1.807, 2.05) is 6.92 Å². The molecule has 0 amide bonds. The molecule has 1 fully saturated rings. The van der Waals surface area contributed by atoms with Gasteiger partial charge in [0, 0.05) is 12.1 Å². The Labute approximate surface area is 123 Å². The zero-order valence-electron chi connectivity index (χ0n) is 10.9. The number of hydrogen-bond donors (Lipinski definition) is 2. The average molecular weight is 327 g/mol. The topological polar surface area (TPSA) is 58.2 Å². The minimum Gasteiger partial charge on any atom is -0.314 e. The van der Waals surface area contributed by atoms with Crippen molar-refractivity contribution in [1.29, 1.82) is 0 Å². The molecule has 114 valence electrons. The molecule has 2 atom stereocenters. The molecule has 0 saturated carbocycles. The van der Waals surface area contributed by atoms with Crippen molar-refractivity contribution >= 4 is 22.4 Å². The molecule has 1 aliphatic heterocycles. The molecule has 1 aromatic rings. The van der Waals surface area contributed by atoms with Gasteiger partial charge in [0.15, 0.2) is 11.6 Å². The van der Waals surface area contributed by atoms with Crippen LogP contribution in [0.5, 0.6) is 0 Å². The van der Waals surface area contributed by atoms with Gasteiger partial charge in [0.1, 0.15) is 0 Å². The second kappa shape index (κ2) is 6.80. The normalized spacial score (nSPS) is 23.1. The van der Waals surface area contributed by atoms with Crippen LogP contribution in [0.3, 0.4) is 0 Å². The summed E-state index contributed by atoms with van der Waals surface area (Å²) in [7, 11) is -3.81. The highest BCUT2D eigenvalue weighted by Crippen LogP contribution is 2.16. The Morgan fingerprint density at radius 3 is 2.60 bits per heavy atom. The maximum atomic E-state index is 13.1. The van der Waals surface area contributed by atoms with Gasteiger partial charge in [0.05, 0.1) is 4.90 Å². The third kappa shape index (κ3) is 4.12. The van der Waals surface area contributed by atoms with Crippen molar-refractivity contribution in [3.63, 3.8) is 0 Å². The molecule has 0 spiro atoms. The number of benzene rings is 1. The molecule has 1 aliphatic rings. The first kappa shape index (κ1) is 17.3. The van der Waals surface area contributed by atoms with Crippen molar-refractivity contribution in [2.24, 2.45) is 0 Å². The van der Waals surface area contributed by atoms with Crippen LogP contribution in [0.15, 0.2) is 23.1 Å². The quantitative estimate of drug-likeness (QED) is 0.890. The first-order valence-corrected chi connectivity index (χ1v) is 7.57. The Balaban J connectivity index is 0.00000200. The standard InChI is InChI=1S/C12H16F2N2O2S.ClH/c1-8-6-9(4-5-15-8)16-19(17,18)10-2-3-11(13)12(14)7-10;/h2-3,7-9,15-16H,4-6H2,1H3;1H. The Bertz CT molecular complexity index is 569. The Kier molecular flexibility index (Phi) is 5.88. The van der Waals surface area contributed by atoms with Gasteiger partial charge in [-0.3, -0.25) is 0 Å². The maximum absolute atomic E-state index is 13.1. The molecule has 0 aliphatic carbocycles. The van der Waals surface area contributed by atoms with Gasteiger partial charge in [-0.05, 0) is 44.5 Å². The SMILES string of the molecule is CC1CC(NS(=O)(=O)c2ccc(F)c(F)c2)CCN1.Cl. The third-order valence-electron chi connectivity index (χ3n) is 3.15. The molecule has 1 aromatic carbocycles. The molecule has 4 nitrogen and oxygen atoms in total. The van der Waals surface area contributed by atoms with Crippen molar-refractivity contribution in [2.45, 2.75) is 36.7 Å². The van der Waals surface area contributed by atoms with Crippen LogP contribution < -0.4 is 10.0 Å². The summed E-state index contributed by atoms with van der Waals surface area (Å²) in [6.07, 6.45) is 1.34. The van der Waals surface area contributed by atoms with Crippen LogP contribution in [0.4, 0.5) is 8.78 Å².